The van der Waals surface area contributed by atoms with Gasteiger partial charge in [-0.3, -0.25) is 0 Å². The molecule has 0 spiro atoms. The third-order valence-corrected chi connectivity index (χ3v) is 2.32. The molecule has 2 nitrogen and oxygen atoms in total. The second-order valence-electron chi connectivity index (χ2n) is 3.42. The van der Waals surface area contributed by atoms with E-state index < -0.39 is 0 Å². The van der Waals surface area contributed by atoms with Gasteiger partial charge in [0.05, 0.1) is 13.2 Å². The molecule has 1 aromatic rings. The van der Waals surface area contributed by atoms with E-state index in [4.69, 9.17) is 4.74 Å². The molecule has 78 valence electrons. The molecule has 1 fully saturated rings. The molecule has 1 N–H and O–H groups in total. The minimum atomic E-state index is 0. The van der Waals surface area contributed by atoms with E-state index in [1.54, 1.807) is 0 Å². The molecule has 1 aliphatic heterocycles. The van der Waals surface area contributed by atoms with Crippen molar-refractivity contribution in [3.05, 3.63) is 35.9 Å². The number of hydrogen-bond donors (Lipinski definition) is 1. The number of rotatable bonds is 2. The van der Waals surface area contributed by atoms with Gasteiger partial charge in [-0.2, -0.15) is 0 Å². The molecule has 1 saturated heterocycles. The topological polar surface area (TPSA) is 21.3 Å². The molecule has 14 heavy (non-hydrogen) atoms. The van der Waals surface area contributed by atoms with E-state index in [2.05, 4.69) is 29.6 Å². The fraction of sp³-hybridized carbons (Fsp3) is 0.455. The molecule has 0 amide bonds. The first-order valence-electron chi connectivity index (χ1n) is 4.80. The Morgan fingerprint density at radius 1 is 1.29 bits per heavy atom. The van der Waals surface area contributed by atoms with Crippen LogP contribution in [0.15, 0.2) is 30.3 Å². The van der Waals surface area contributed by atoms with Crippen LogP contribution in [0.3, 0.4) is 0 Å². The summed E-state index contributed by atoms with van der Waals surface area (Å²) in [6.07, 6.45) is 1.07. The first kappa shape index (κ1) is 11.5. The number of ether oxygens (including phenoxy) is 1. The first-order chi connectivity index (χ1) is 6.45. The lowest BCUT2D eigenvalue weighted by Crippen LogP contribution is -2.42. The van der Waals surface area contributed by atoms with Gasteiger partial charge < -0.3 is 10.1 Å². The summed E-state index contributed by atoms with van der Waals surface area (Å²) in [5.74, 6) is 0. The fourth-order valence-corrected chi connectivity index (χ4v) is 1.65. The second-order valence-corrected chi connectivity index (χ2v) is 3.42. The number of hydrogen-bond acceptors (Lipinski definition) is 2. The van der Waals surface area contributed by atoms with Crippen molar-refractivity contribution in [2.45, 2.75) is 12.5 Å². The van der Waals surface area contributed by atoms with Gasteiger partial charge in [0.25, 0.3) is 0 Å². The molecule has 1 atom stereocenters. The number of halogens is 1. The van der Waals surface area contributed by atoms with Crippen LogP contribution in [-0.2, 0) is 11.2 Å². The van der Waals surface area contributed by atoms with Crippen LogP contribution < -0.4 is 5.32 Å². The highest BCUT2D eigenvalue weighted by Crippen LogP contribution is 2.05. The monoisotopic (exact) mass is 213 g/mol. The molecule has 1 aromatic carbocycles. The van der Waals surface area contributed by atoms with Crippen molar-refractivity contribution in [2.75, 3.05) is 19.8 Å². The lowest BCUT2D eigenvalue weighted by atomic mass is 10.1. The highest BCUT2D eigenvalue weighted by Gasteiger charge is 2.12. The van der Waals surface area contributed by atoms with E-state index in [1.165, 1.54) is 5.56 Å². The van der Waals surface area contributed by atoms with Crippen LogP contribution in [-0.4, -0.2) is 25.8 Å². The van der Waals surface area contributed by atoms with E-state index in [0.29, 0.717) is 6.04 Å². The summed E-state index contributed by atoms with van der Waals surface area (Å²) in [5, 5.41) is 3.44. The van der Waals surface area contributed by atoms with E-state index in [1.807, 2.05) is 6.07 Å². The molecule has 0 radical (unpaired) electrons. The fourth-order valence-electron chi connectivity index (χ4n) is 1.65. The first-order valence-corrected chi connectivity index (χ1v) is 4.80. The van der Waals surface area contributed by atoms with Gasteiger partial charge in [-0.05, 0) is 12.0 Å². The number of morpholine rings is 1. The highest BCUT2D eigenvalue weighted by atomic mass is 35.5. The SMILES string of the molecule is Cl.c1ccc(C[C@@H]2COCCN2)cc1. The van der Waals surface area contributed by atoms with Gasteiger partial charge in [0.2, 0.25) is 0 Å². The van der Waals surface area contributed by atoms with Gasteiger partial charge >= 0.3 is 0 Å². The summed E-state index contributed by atoms with van der Waals surface area (Å²) in [6.45, 7) is 2.68. The Balaban J connectivity index is 0.000000980. The van der Waals surface area contributed by atoms with Crippen LogP contribution in [0, 0.1) is 0 Å². The maximum absolute atomic E-state index is 5.39. The molecule has 0 aromatic heterocycles. The summed E-state index contributed by atoms with van der Waals surface area (Å²) in [7, 11) is 0. The Morgan fingerprint density at radius 2 is 2.07 bits per heavy atom. The minimum Gasteiger partial charge on any atom is -0.379 e. The van der Waals surface area contributed by atoms with Crippen LogP contribution in [0.25, 0.3) is 0 Å². The van der Waals surface area contributed by atoms with Crippen molar-refractivity contribution in [3.8, 4) is 0 Å². The zero-order chi connectivity index (χ0) is 8.93. The molecule has 3 heteroatoms. The summed E-state index contributed by atoms with van der Waals surface area (Å²) in [4.78, 5) is 0. The van der Waals surface area contributed by atoms with Crippen molar-refractivity contribution in [1.29, 1.82) is 0 Å². The molecule has 1 aliphatic rings. The normalized spacial score (nSPS) is 21.3. The number of nitrogens with one attached hydrogen (secondary N) is 1. The maximum atomic E-state index is 5.39. The average molecular weight is 214 g/mol. The van der Waals surface area contributed by atoms with Crippen LogP contribution in [0.4, 0.5) is 0 Å². The summed E-state index contributed by atoms with van der Waals surface area (Å²) >= 11 is 0. The Morgan fingerprint density at radius 3 is 2.71 bits per heavy atom. The Bertz CT molecular complexity index is 247. The molecule has 1 heterocycles. The summed E-state index contributed by atoms with van der Waals surface area (Å²) < 4.78 is 5.39. The van der Waals surface area contributed by atoms with E-state index in [9.17, 15) is 0 Å². The Labute approximate surface area is 91.1 Å². The molecular formula is C11H16ClNO. The van der Waals surface area contributed by atoms with Crippen molar-refractivity contribution in [2.24, 2.45) is 0 Å². The van der Waals surface area contributed by atoms with E-state index >= 15 is 0 Å². The van der Waals surface area contributed by atoms with Crippen LogP contribution >= 0.6 is 12.4 Å². The maximum Gasteiger partial charge on any atom is 0.0623 e. The standard InChI is InChI=1S/C11H15NO.ClH/c1-2-4-10(5-3-1)8-11-9-13-7-6-12-11;/h1-5,11-12H,6-9H2;1H/t11-;/m1./s1. The van der Waals surface area contributed by atoms with Gasteiger partial charge in [-0.15, -0.1) is 12.4 Å². The summed E-state index contributed by atoms with van der Waals surface area (Å²) in [6, 6.07) is 11.0. The second kappa shape index (κ2) is 6.02. The molecule has 0 bridgehead atoms. The lowest BCUT2D eigenvalue weighted by molar-refractivity contribution is 0.0770. The lowest BCUT2D eigenvalue weighted by Gasteiger charge is -2.23. The molecular weight excluding hydrogens is 198 g/mol. The van der Waals surface area contributed by atoms with Gasteiger partial charge in [-0.1, -0.05) is 30.3 Å². The van der Waals surface area contributed by atoms with E-state index in [-0.39, 0.29) is 12.4 Å². The van der Waals surface area contributed by atoms with Crippen LogP contribution in [0.1, 0.15) is 5.56 Å². The third-order valence-electron chi connectivity index (χ3n) is 2.32. The predicted molar refractivity (Wildman–Crippen MR) is 60.0 cm³/mol. The zero-order valence-corrected chi connectivity index (χ0v) is 8.93. The Kier molecular flexibility index (Phi) is 4.94. The van der Waals surface area contributed by atoms with Crippen LogP contribution in [0.2, 0.25) is 0 Å². The molecule has 2 rings (SSSR count). The zero-order valence-electron chi connectivity index (χ0n) is 8.11. The van der Waals surface area contributed by atoms with Gasteiger partial charge in [-0.25, -0.2) is 0 Å². The number of benzene rings is 1. The highest BCUT2D eigenvalue weighted by molar-refractivity contribution is 5.85. The molecule has 0 aliphatic carbocycles. The van der Waals surface area contributed by atoms with Crippen molar-refractivity contribution >= 4 is 12.4 Å². The molecule has 0 unspecified atom stereocenters. The van der Waals surface area contributed by atoms with E-state index in [0.717, 1.165) is 26.2 Å². The van der Waals surface area contributed by atoms with Crippen molar-refractivity contribution < 1.29 is 4.74 Å². The van der Waals surface area contributed by atoms with Gasteiger partial charge in [0.1, 0.15) is 0 Å². The van der Waals surface area contributed by atoms with Gasteiger partial charge in [0.15, 0.2) is 0 Å². The Hall–Kier alpha value is -0.570. The third kappa shape index (κ3) is 3.29. The summed E-state index contributed by atoms with van der Waals surface area (Å²) in [5.41, 5.74) is 1.38. The van der Waals surface area contributed by atoms with Gasteiger partial charge in [0, 0.05) is 12.6 Å². The molecule has 0 saturated carbocycles. The minimum absolute atomic E-state index is 0. The van der Waals surface area contributed by atoms with Crippen LogP contribution in [0.5, 0.6) is 0 Å². The van der Waals surface area contributed by atoms with Crippen molar-refractivity contribution in [3.63, 3.8) is 0 Å². The quantitative estimate of drug-likeness (QED) is 0.807. The van der Waals surface area contributed by atoms with Crippen molar-refractivity contribution in [1.82, 2.24) is 5.32 Å². The average Bonchev–Trinajstić information content (AvgIpc) is 2.21. The largest absolute Gasteiger partial charge is 0.379 e. The predicted octanol–water partition coefficient (Wildman–Crippen LogP) is 1.64. The smallest absolute Gasteiger partial charge is 0.0623 e.